The van der Waals surface area contributed by atoms with Crippen LogP contribution in [0.3, 0.4) is 0 Å². The average Bonchev–Trinajstić information content (AvgIpc) is 2.55. The van der Waals surface area contributed by atoms with E-state index in [4.69, 9.17) is 14.7 Å². The van der Waals surface area contributed by atoms with Crippen molar-refractivity contribution in [3.05, 3.63) is 30.0 Å². The van der Waals surface area contributed by atoms with Crippen molar-refractivity contribution in [1.82, 2.24) is 5.32 Å². The van der Waals surface area contributed by atoms with Crippen LogP contribution in [0.15, 0.2) is 30.0 Å². The second-order valence-corrected chi connectivity index (χ2v) is 4.05. The maximum Gasteiger partial charge on any atom is 0.414 e. The Kier molecular flexibility index (Phi) is 6.94. The van der Waals surface area contributed by atoms with E-state index in [1.54, 1.807) is 31.2 Å². The highest BCUT2D eigenvalue weighted by molar-refractivity contribution is 6.05. The van der Waals surface area contributed by atoms with Crippen LogP contribution >= 0.6 is 0 Å². The first-order valence-electron chi connectivity index (χ1n) is 6.62. The van der Waals surface area contributed by atoms with Crippen molar-refractivity contribution in [3.63, 3.8) is 0 Å². The molecular formula is C15H17N3O5. The summed E-state index contributed by atoms with van der Waals surface area (Å²) in [6, 6.07) is 6.68. The van der Waals surface area contributed by atoms with Crippen LogP contribution in [0.2, 0.25) is 0 Å². The van der Waals surface area contributed by atoms with E-state index in [-0.39, 0.29) is 12.2 Å². The van der Waals surface area contributed by atoms with Crippen molar-refractivity contribution in [2.75, 3.05) is 26.1 Å². The Hall–Kier alpha value is -3.21. The van der Waals surface area contributed by atoms with Crippen molar-refractivity contribution >= 4 is 17.7 Å². The lowest BCUT2D eigenvalue weighted by Gasteiger charge is -2.10. The summed E-state index contributed by atoms with van der Waals surface area (Å²) in [5.74, 6) is 0.187. The topological polar surface area (TPSA) is 110 Å². The van der Waals surface area contributed by atoms with Gasteiger partial charge in [-0.05, 0) is 19.1 Å². The van der Waals surface area contributed by atoms with Crippen LogP contribution < -0.4 is 20.1 Å². The summed E-state index contributed by atoms with van der Waals surface area (Å²) >= 11 is 0. The van der Waals surface area contributed by atoms with Crippen molar-refractivity contribution in [1.29, 1.82) is 5.26 Å². The van der Waals surface area contributed by atoms with Gasteiger partial charge in [0.25, 0.3) is 5.91 Å². The predicted octanol–water partition coefficient (Wildman–Crippen LogP) is 1.80. The van der Waals surface area contributed by atoms with Crippen LogP contribution in [0.25, 0.3) is 0 Å². The Morgan fingerprint density at radius 3 is 2.61 bits per heavy atom. The van der Waals surface area contributed by atoms with Gasteiger partial charge in [-0.2, -0.15) is 5.26 Å². The van der Waals surface area contributed by atoms with Gasteiger partial charge in [-0.15, -0.1) is 0 Å². The van der Waals surface area contributed by atoms with Crippen molar-refractivity contribution < 1.29 is 23.8 Å². The summed E-state index contributed by atoms with van der Waals surface area (Å²) in [6.07, 6.45) is 0.250. The van der Waals surface area contributed by atoms with Crippen LogP contribution in [-0.2, 0) is 9.53 Å². The summed E-state index contributed by atoms with van der Waals surface area (Å²) in [7, 11) is 3.00. The number of rotatable bonds is 6. The maximum atomic E-state index is 11.7. The number of methoxy groups -OCH3 is 2. The van der Waals surface area contributed by atoms with Crippen LogP contribution in [0, 0.1) is 11.3 Å². The maximum absolute atomic E-state index is 11.7. The lowest BCUT2D eigenvalue weighted by atomic mass is 10.2. The minimum Gasteiger partial charge on any atom is -0.497 e. The molecule has 0 radical (unpaired) electrons. The standard InChI is InChI=1S/C15H17N3O5/c1-4-23-15(20)18-14(19)10(8-16)9-17-12-6-5-11(21-2)7-13(12)22-3/h5-7,9,17H,4H2,1-3H3,(H,18,19,20)/b10-9-. The highest BCUT2D eigenvalue weighted by atomic mass is 16.5. The van der Waals surface area contributed by atoms with E-state index in [2.05, 4.69) is 10.1 Å². The first kappa shape index (κ1) is 17.8. The van der Waals surface area contributed by atoms with Gasteiger partial charge in [-0.1, -0.05) is 0 Å². The average molecular weight is 319 g/mol. The summed E-state index contributed by atoms with van der Waals surface area (Å²) in [5.41, 5.74) is 0.223. The van der Waals surface area contributed by atoms with E-state index in [0.29, 0.717) is 17.2 Å². The number of benzene rings is 1. The van der Waals surface area contributed by atoms with Crippen molar-refractivity contribution in [2.24, 2.45) is 0 Å². The lowest BCUT2D eigenvalue weighted by molar-refractivity contribution is -0.116. The summed E-state index contributed by atoms with van der Waals surface area (Å²) in [5, 5.41) is 13.7. The Labute approximate surface area is 133 Å². The number of carbonyl (C=O) groups is 2. The van der Waals surface area contributed by atoms with Gasteiger partial charge in [-0.25, -0.2) is 4.79 Å². The molecule has 1 rings (SSSR count). The number of hydrogen-bond acceptors (Lipinski definition) is 7. The number of amides is 2. The number of carbonyl (C=O) groups excluding carboxylic acids is 2. The fourth-order valence-corrected chi connectivity index (χ4v) is 1.54. The fourth-order valence-electron chi connectivity index (χ4n) is 1.54. The number of anilines is 1. The van der Waals surface area contributed by atoms with Crippen LogP contribution in [0.4, 0.5) is 10.5 Å². The molecule has 1 aromatic rings. The number of ether oxygens (including phenoxy) is 3. The minimum absolute atomic E-state index is 0.117. The minimum atomic E-state index is -0.916. The largest absolute Gasteiger partial charge is 0.497 e. The molecule has 0 atom stereocenters. The van der Waals surface area contributed by atoms with E-state index in [1.807, 2.05) is 5.32 Å². The Balaban J connectivity index is 2.86. The van der Waals surface area contributed by atoms with E-state index >= 15 is 0 Å². The third-order valence-electron chi connectivity index (χ3n) is 2.64. The SMILES string of the molecule is CCOC(=O)NC(=O)/C(C#N)=C\Nc1ccc(OC)cc1OC. The van der Waals surface area contributed by atoms with Gasteiger partial charge >= 0.3 is 6.09 Å². The van der Waals surface area contributed by atoms with Crippen LogP contribution in [-0.4, -0.2) is 32.8 Å². The highest BCUT2D eigenvalue weighted by Gasteiger charge is 2.14. The van der Waals surface area contributed by atoms with E-state index in [9.17, 15) is 9.59 Å². The normalized spacial score (nSPS) is 10.3. The third-order valence-corrected chi connectivity index (χ3v) is 2.64. The number of hydrogen-bond donors (Lipinski definition) is 2. The number of alkyl carbamates (subject to hydrolysis) is 1. The van der Waals surface area contributed by atoms with Crippen molar-refractivity contribution in [2.45, 2.75) is 6.92 Å². The lowest BCUT2D eigenvalue weighted by Crippen LogP contribution is -2.32. The Morgan fingerprint density at radius 1 is 1.30 bits per heavy atom. The first-order valence-corrected chi connectivity index (χ1v) is 6.62. The molecule has 0 spiro atoms. The molecule has 0 aromatic heterocycles. The molecule has 8 nitrogen and oxygen atoms in total. The van der Waals surface area contributed by atoms with Gasteiger partial charge in [0, 0.05) is 12.3 Å². The van der Waals surface area contributed by atoms with Gasteiger partial charge in [0.05, 0.1) is 26.5 Å². The molecular weight excluding hydrogens is 302 g/mol. The van der Waals surface area contributed by atoms with E-state index in [1.165, 1.54) is 20.4 Å². The molecule has 0 unspecified atom stereocenters. The second-order valence-electron chi connectivity index (χ2n) is 4.05. The van der Waals surface area contributed by atoms with Crippen LogP contribution in [0.5, 0.6) is 11.5 Å². The molecule has 2 N–H and O–H groups in total. The smallest absolute Gasteiger partial charge is 0.414 e. The third kappa shape index (κ3) is 5.24. The monoisotopic (exact) mass is 319 g/mol. The zero-order valence-electron chi connectivity index (χ0n) is 13.0. The van der Waals surface area contributed by atoms with E-state index in [0.717, 1.165) is 0 Å². The fraction of sp³-hybridized carbons (Fsp3) is 0.267. The molecule has 0 aliphatic carbocycles. The molecule has 0 fully saturated rings. The number of nitrogens with one attached hydrogen (secondary N) is 2. The van der Waals surface area contributed by atoms with Gasteiger partial charge in [0.1, 0.15) is 23.1 Å². The number of nitrogens with zero attached hydrogens (tertiary/aromatic N) is 1. The van der Waals surface area contributed by atoms with Crippen molar-refractivity contribution in [3.8, 4) is 17.6 Å². The molecule has 0 aliphatic rings. The van der Waals surface area contributed by atoms with Gasteiger partial charge in [0.15, 0.2) is 0 Å². The predicted molar refractivity (Wildman–Crippen MR) is 82.0 cm³/mol. The first-order chi connectivity index (χ1) is 11.0. The van der Waals surface area contributed by atoms with E-state index < -0.39 is 12.0 Å². The summed E-state index contributed by atoms with van der Waals surface area (Å²) in [4.78, 5) is 22.9. The Morgan fingerprint density at radius 2 is 2.04 bits per heavy atom. The molecule has 23 heavy (non-hydrogen) atoms. The molecule has 2 amide bonds. The Bertz CT molecular complexity index is 649. The molecule has 0 saturated heterocycles. The molecule has 0 heterocycles. The van der Waals surface area contributed by atoms with Crippen LogP contribution in [0.1, 0.15) is 6.92 Å². The zero-order chi connectivity index (χ0) is 17.2. The molecule has 122 valence electrons. The molecule has 1 aromatic carbocycles. The van der Waals surface area contributed by atoms with Gasteiger partial charge in [0.2, 0.25) is 0 Å². The summed E-state index contributed by atoms with van der Waals surface area (Å²) < 4.78 is 14.8. The molecule has 0 aliphatic heterocycles. The highest BCUT2D eigenvalue weighted by Crippen LogP contribution is 2.29. The number of nitriles is 1. The van der Waals surface area contributed by atoms with Gasteiger partial charge < -0.3 is 19.5 Å². The molecule has 0 saturated carbocycles. The van der Waals surface area contributed by atoms with Gasteiger partial charge in [-0.3, -0.25) is 10.1 Å². The summed E-state index contributed by atoms with van der Waals surface area (Å²) in [6.45, 7) is 1.72. The number of imide groups is 1. The molecule has 0 bridgehead atoms. The zero-order valence-corrected chi connectivity index (χ0v) is 13.0. The quantitative estimate of drug-likeness (QED) is 0.607. The second kappa shape index (κ2) is 8.94. The molecule has 8 heteroatoms.